The second kappa shape index (κ2) is 5.71. The molecule has 7 nitrogen and oxygen atoms in total. The molecule has 3 N–H and O–H groups in total. The normalized spacial score (nSPS) is 9.71. The lowest BCUT2D eigenvalue weighted by Gasteiger charge is -2.17. The molecule has 0 bridgehead atoms. The van der Waals surface area contributed by atoms with Gasteiger partial charge in [0.25, 0.3) is 0 Å². The zero-order valence-corrected chi connectivity index (χ0v) is 9.08. The Bertz CT molecular complexity index is 404. The molecule has 0 aliphatic rings. The summed E-state index contributed by atoms with van der Waals surface area (Å²) in [6.45, 7) is -0.616. The number of carbonyl (C=O) groups excluding carboxylic acids is 1. The maximum Gasteiger partial charge on any atom is 0.345 e. The lowest BCUT2D eigenvalue weighted by Crippen LogP contribution is -2.38. The van der Waals surface area contributed by atoms with Gasteiger partial charge in [-0.1, -0.05) is 0 Å². The third-order valence-corrected chi connectivity index (χ3v) is 1.90. The van der Waals surface area contributed by atoms with E-state index in [4.69, 9.17) is 10.2 Å². The molecule has 7 heteroatoms. The highest BCUT2D eigenvalue weighted by molar-refractivity contribution is 5.90. The van der Waals surface area contributed by atoms with Crippen molar-refractivity contribution >= 4 is 17.7 Å². The van der Waals surface area contributed by atoms with Gasteiger partial charge in [-0.2, -0.15) is 0 Å². The highest BCUT2D eigenvalue weighted by Gasteiger charge is 2.11. The van der Waals surface area contributed by atoms with E-state index < -0.39 is 18.6 Å². The molecule has 0 heterocycles. The zero-order chi connectivity index (χ0) is 12.8. The second-order valence-corrected chi connectivity index (χ2v) is 3.17. The maximum atomic E-state index is 11.4. The predicted octanol–water partition coefficient (Wildman–Crippen LogP) is 0.554. The number of carboxylic acid groups (broad SMARTS) is 1. The first kappa shape index (κ1) is 12.8. The van der Waals surface area contributed by atoms with Crippen molar-refractivity contribution < 1.29 is 24.6 Å². The number of rotatable bonds is 4. The first-order valence-electron chi connectivity index (χ1n) is 4.67. The monoisotopic (exact) mass is 240 g/mol. The van der Waals surface area contributed by atoms with Gasteiger partial charge in [0.05, 0.1) is 0 Å². The Balaban J connectivity index is 2.51. The van der Waals surface area contributed by atoms with Crippen LogP contribution in [0.3, 0.4) is 0 Å². The molecule has 17 heavy (non-hydrogen) atoms. The van der Waals surface area contributed by atoms with Crippen molar-refractivity contribution in [3.8, 4) is 5.75 Å². The molecule has 92 valence electrons. The summed E-state index contributed by atoms with van der Waals surface area (Å²) < 4.78 is 0. The zero-order valence-electron chi connectivity index (χ0n) is 9.08. The van der Waals surface area contributed by atoms with Gasteiger partial charge in [-0.25, -0.2) is 15.1 Å². The predicted molar refractivity (Wildman–Crippen MR) is 58.6 cm³/mol. The first-order valence-corrected chi connectivity index (χ1v) is 4.67. The standard InChI is InChI=1S/C10H12N2O5/c1-12(7-2-4-8(13)5-3-7)10(16)11-17-6-9(14)15/h2-5,13H,6H2,1H3,(H,11,16)(H,14,15). The van der Waals surface area contributed by atoms with Crippen molar-refractivity contribution in [1.29, 1.82) is 0 Å². The first-order chi connectivity index (χ1) is 8.00. The summed E-state index contributed by atoms with van der Waals surface area (Å²) in [5.41, 5.74) is 2.50. The van der Waals surface area contributed by atoms with E-state index >= 15 is 0 Å². The summed E-state index contributed by atoms with van der Waals surface area (Å²) in [6, 6.07) is 5.31. The van der Waals surface area contributed by atoms with Crippen molar-refractivity contribution in [2.24, 2.45) is 0 Å². The number of hydrogen-bond acceptors (Lipinski definition) is 4. The van der Waals surface area contributed by atoms with Gasteiger partial charge in [0.1, 0.15) is 5.75 Å². The van der Waals surface area contributed by atoms with Gasteiger partial charge in [0.15, 0.2) is 6.61 Å². The number of nitrogens with zero attached hydrogens (tertiary/aromatic N) is 1. The Morgan fingerprint density at radius 1 is 1.35 bits per heavy atom. The topological polar surface area (TPSA) is 99.1 Å². The summed E-state index contributed by atoms with van der Waals surface area (Å²) in [5, 5.41) is 17.4. The van der Waals surface area contributed by atoms with Crippen LogP contribution in [0.25, 0.3) is 0 Å². The number of amides is 2. The van der Waals surface area contributed by atoms with Crippen LogP contribution >= 0.6 is 0 Å². The molecule has 1 rings (SSSR count). The van der Waals surface area contributed by atoms with Crippen LogP contribution in [0, 0.1) is 0 Å². The number of hydroxylamine groups is 1. The number of carboxylic acids is 1. The molecule has 0 saturated carbocycles. The summed E-state index contributed by atoms with van der Waals surface area (Å²) in [5.74, 6) is -1.10. The minimum atomic E-state index is -1.18. The summed E-state index contributed by atoms with van der Waals surface area (Å²) in [4.78, 5) is 27.2. The van der Waals surface area contributed by atoms with E-state index in [0.29, 0.717) is 5.69 Å². The fraction of sp³-hybridized carbons (Fsp3) is 0.200. The lowest BCUT2D eigenvalue weighted by molar-refractivity contribution is -0.143. The summed E-state index contributed by atoms with van der Waals surface area (Å²) in [6.07, 6.45) is 0. The molecule has 0 radical (unpaired) electrons. The number of nitrogens with one attached hydrogen (secondary N) is 1. The molecule has 0 aliphatic heterocycles. The average molecular weight is 240 g/mol. The number of carbonyl (C=O) groups is 2. The molecule has 1 aromatic rings. The molecule has 0 saturated heterocycles. The summed E-state index contributed by atoms with van der Waals surface area (Å²) >= 11 is 0. The molecule has 0 atom stereocenters. The lowest BCUT2D eigenvalue weighted by atomic mass is 10.3. The maximum absolute atomic E-state index is 11.4. The molecule has 0 fully saturated rings. The minimum absolute atomic E-state index is 0.0877. The fourth-order valence-corrected chi connectivity index (χ4v) is 1.02. The highest BCUT2D eigenvalue weighted by atomic mass is 16.7. The number of hydrogen-bond donors (Lipinski definition) is 3. The quantitative estimate of drug-likeness (QED) is 0.667. The Kier molecular flexibility index (Phi) is 4.29. The number of phenols is 1. The Hall–Kier alpha value is -2.28. The SMILES string of the molecule is CN(C(=O)NOCC(=O)O)c1ccc(O)cc1. The average Bonchev–Trinajstić information content (AvgIpc) is 2.28. The molecular weight excluding hydrogens is 228 g/mol. The third kappa shape index (κ3) is 3.99. The Labute approximate surface area is 97.2 Å². The molecule has 0 spiro atoms. The van der Waals surface area contributed by atoms with Gasteiger partial charge in [0.2, 0.25) is 0 Å². The highest BCUT2D eigenvalue weighted by Crippen LogP contribution is 2.16. The van der Waals surface area contributed by atoms with E-state index in [0.717, 1.165) is 0 Å². The van der Waals surface area contributed by atoms with Crippen LogP contribution in [-0.2, 0) is 9.63 Å². The molecule has 1 aromatic carbocycles. The van der Waals surface area contributed by atoms with Crippen molar-refractivity contribution in [1.82, 2.24) is 5.48 Å². The van der Waals surface area contributed by atoms with Gasteiger partial charge < -0.3 is 10.2 Å². The minimum Gasteiger partial charge on any atom is -0.508 e. The van der Waals surface area contributed by atoms with Gasteiger partial charge in [-0.05, 0) is 24.3 Å². The fourth-order valence-electron chi connectivity index (χ4n) is 1.02. The van der Waals surface area contributed by atoms with Crippen molar-refractivity contribution in [2.45, 2.75) is 0 Å². The molecule has 0 unspecified atom stereocenters. The Morgan fingerprint density at radius 3 is 2.47 bits per heavy atom. The van der Waals surface area contributed by atoms with Gasteiger partial charge in [-0.3, -0.25) is 9.74 Å². The van der Waals surface area contributed by atoms with E-state index in [1.807, 2.05) is 5.48 Å². The van der Waals surface area contributed by atoms with Crippen LogP contribution in [-0.4, -0.2) is 35.9 Å². The number of anilines is 1. The smallest absolute Gasteiger partial charge is 0.345 e. The van der Waals surface area contributed by atoms with E-state index in [9.17, 15) is 9.59 Å². The molecule has 0 aromatic heterocycles. The second-order valence-electron chi connectivity index (χ2n) is 3.17. The van der Waals surface area contributed by atoms with Gasteiger partial charge >= 0.3 is 12.0 Å². The number of benzene rings is 1. The van der Waals surface area contributed by atoms with Crippen LogP contribution in [0.1, 0.15) is 0 Å². The number of aliphatic carboxylic acids is 1. The molecule has 0 aliphatic carbocycles. The van der Waals surface area contributed by atoms with Crippen LogP contribution < -0.4 is 10.4 Å². The van der Waals surface area contributed by atoms with Crippen LogP contribution in [0.5, 0.6) is 5.75 Å². The molecule has 2 amide bonds. The van der Waals surface area contributed by atoms with Crippen LogP contribution in [0.2, 0.25) is 0 Å². The van der Waals surface area contributed by atoms with Crippen molar-refractivity contribution in [2.75, 3.05) is 18.6 Å². The van der Waals surface area contributed by atoms with E-state index in [1.54, 1.807) is 0 Å². The Morgan fingerprint density at radius 2 is 1.94 bits per heavy atom. The number of urea groups is 1. The van der Waals surface area contributed by atoms with Crippen molar-refractivity contribution in [3.05, 3.63) is 24.3 Å². The summed E-state index contributed by atoms with van der Waals surface area (Å²) in [7, 11) is 1.48. The number of phenolic OH excluding ortho intramolecular Hbond substituents is 1. The van der Waals surface area contributed by atoms with E-state index in [2.05, 4.69) is 4.84 Å². The third-order valence-electron chi connectivity index (χ3n) is 1.90. The van der Waals surface area contributed by atoms with Gasteiger partial charge in [-0.15, -0.1) is 0 Å². The van der Waals surface area contributed by atoms with E-state index in [1.165, 1.54) is 36.2 Å². The van der Waals surface area contributed by atoms with E-state index in [-0.39, 0.29) is 5.75 Å². The van der Waals surface area contributed by atoms with Crippen molar-refractivity contribution in [3.63, 3.8) is 0 Å². The van der Waals surface area contributed by atoms with Gasteiger partial charge in [0, 0.05) is 12.7 Å². The molecular formula is C10H12N2O5. The van der Waals surface area contributed by atoms with Crippen LogP contribution in [0.4, 0.5) is 10.5 Å². The number of aromatic hydroxyl groups is 1. The van der Waals surface area contributed by atoms with Crippen LogP contribution in [0.15, 0.2) is 24.3 Å². The largest absolute Gasteiger partial charge is 0.508 e.